The Morgan fingerprint density at radius 2 is 1.74 bits per heavy atom. The molecular formula is C17H34N2. The Hall–Kier alpha value is -0.0800. The van der Waals surface area contributed by atoms with Crippen molar-refractivity contribution >= 4 is 0 Å². The molecule has 1 aliphatic heterocycles. The van der Waals surface area contributed by atoms with Gasteiger partial charge in [0.15, 0.2) is 0 Å². The van der Waals surface area contributed by atoms with E-state index in [9.17, 15) is 0 Å². The average Bonchev–Trinajstić information content (AvgIpc) is 2.40. The highest BCUT2D eigenvalue weighted by atomic mass is 15.1. The van der Waals surface area contributed by atoms with Crippen molar-refractivity contribution in [2.45, 2.75) is 71.3 Å². The van der Waals surface area contributed by atoms with Gasteiger partial charge in [-0.05, 0) is 76.4 Å². The molecule has 2 heteroatoms. The van der Waals surface area contributed by atoms with Crippen LogP contribution in [0.1, 0.15) is 65.2 Å². The molecule has 19 heavy (non-hydrogen) atoms. The van der Waals surface area contributed by atoms with Crippen LogP contribution in [0.5, 0.6) is 0 Å². The van der Waals surface area contributed by atoms with Crippen molar-refractivity contribution in [2.75, 3.05) is 26.7 Å². The van der Waals surface area contributed by atoms with E-state index in [2.05, 4.69) is 31.1 Å². The van der Waals surface area contributed by atoms with Crippen LogP contribution in [0, 0.1) is 11.3 Å². The molecule has 0 aromatic rings. The van der Waals surface area contributed by atoms with Crippen molar-refractivity contribution in [3.8, 4) is 0 Å². The molecule has 0 aromatic heterocycles. The molecule has 0 radical (unpaired) electrons. The van der Waals surface area contributed by atoms with Gasteiger partial charge in [0.1, 0.15) is 0 Å². The van der Waals surface area contributed by atoms with Gasteiger partial charge in [-0.1, -0.05) is 20.3 Å². The first kappa shape index (κ1) is 15.3. The fraction of sp³-hybridized carbons (Fsp3) is 1.00. The van der Waals surface area contributed by atoms with Gasteiger partial charge in [-0.25, -0.2) is 0 Å². The van der Waals surface area contributed by atoms with E-state index >= 15 is 0 Å². The Balaban J connectivity index is 1.89. The molecule has 2 fully saturated rings. The molecule has 0 unspecified atom stereocenters. The third-order valence-corrected chi connectivity index (χ3v) is 5.64. The molecular weight excluding hydrogens is 232 g/mol. The van der Waals surface area contributed by atoms with Gasteiger partial charge >= 0.3 is 0 Å². The van der Waals surface area contributed by atoms with Gasteiger partial charge in [0.2, 0.25) is 0 Å². The Morgan fingerprint density at radius 3 is 2.32 bits per heavy atom. The largest absolute Gasteiger partial charge is 0.317 e. The summed E-state index contributed by atoms with van der Waals surface area (Å²) in [5.41, 5.74) is 0.609. The van der Waals surface area contributed by atoms with E-state index in [1.807, 2.05) is 0 Å². The molecule has 0 spiro atoms. The molecule has 1 saturated heterocycles. The molecule has 0 bridgehead atoms. The first-order valence-corrected chi connectivity index (χ1v) is 8.56. The first-order chi connectivity index (χ1) is 9.15. The number of nitrogens with zero attached hydrogens (tertiary/aromatic N) is 1. The fourth-order valence-electron chi connectivity index (χ4n) is 4.32. The van der Waals surface area contributed by atoms with E-state index in [0.717, 1.165) is 12.0 Å². The second-order valence-corrected chi connectivity index (χ2v) is 7.33. The number of nitrogens with one attached hydrogen (secondary N) is 1. The summed E-state index contributed by atoms with van der Waals surface area (Å²) in [6.07, 6.45) is 11.3. The Morgan fingerprint density at radius 1 is 1.11 bits per heavy atom. The van der Waals surface area contributed by atoms with Crippen LogP contribution in [-0.2, 0) is 0 Å². The van der Waals surface area contributed by atoms with Crippen molar-refractivity contribution in [2.24, 2.45) is 11.3 Å². The van der Waals surface area contributed by atoms with Gasteiger partial charge in [0.05, 0.1) is 0 Å². The van der Waals surface area contributed by atoms with Crippen LogP contribution in [0.25, 0.3) is 0 Å². The van der Waals surface area contributed by atoms with E-state index in [-0.39, 0.29) is 0 Å². The maximum absolute atomic E-state index is 3.54. The van der Waals surface area contributed by atoms with Crippen molar-refractivity contribution in [1.82, 2.24) is 10.2 Å². The van der Waals surface area contributed by atoms with Crippen LogP contribution in [0.15, 0.2) is 0 Å². The number of rotatable bonds is 5. The lowest BCUT2D eigenvalue weighted by molar-refractivity contribution is 0.0728. The van der Waals surface area contributed by atoms with E-state index in [0.29, 0.717) is 5.41 Å². The summed E-state index contributed by atoms with van der Waals surface area (Å²) in [5.74, 6) is 0.966. The lowest BCUT2D eigenvalue weighted by Crippen LogP contribution is -2.47. The van der Waals surface area contributed by atoms with Crippen molar-refractivity contribution in [3.05, 3.63) is 0 Å². The lowest BCUT2D eigenvalue weighted by Gasteiger charge is -2.44. The predicted octanol–water partition coefficient (Wildman–Crippen LogP) is 3.67. The maximum Gasteiger partial charge on any atom is 0.00926 e. The molecule has 2 rings (SSSR count). The summed E-state index contributed by atoms with van der Waals surface area (Å²) in [7, 11) is 2.39. The molecule has 0 aromatic carbocycles. The summed E-state index contributed by atoms with van der Waals surface area (Å²) in [6.45, 7) is 8.57. The normalized spacial score (nSPS) is 31.6. The molecule has 0 amide bonds. The Labute approximate surface area is 120 Å². The maximum atomic E-state index is 3.54. The second-order valence-electron chi connectivity index (χ2n) is 7.33. The Kier molecular flexibility index (Phi) is 5.70. The van der Waals surface area contributed by atoms with Crippen molar-refractivity contribution in [3.63, 3.8) is 0 Å². The number of piperidine rings is 1. The number of hydrogen-bond acceptors (Lipinski definition) is 2. The fourth-order valence-corrected chi connectivity index (χ4v) is 4.32. The highest BCUT2D eigenvalue weighted by molar-refractivity contribution is 4.89. The first-order valence-electron chi connectivity index (χ1n) is 8.56. The predicted molar refractivity (Wildman–Crippen MR) is 83.5 cm³/mol. The van der Waals surface area contributed by atoms with Crippen LogP contribution in [0.4, 0.5) is 0 Å². The molecule has 1 aliphatic carbocycles. The van der Waals surface area contributed by atoms with E-state index in [4.69, 9.17) is 0 Å². The molecule has 112 valence electrons. The van der Waals surface area contributed by atoms with Gasteiger partial charge in [0.25, 0.3) is 0 Å². The van der Waals surface area contributed by atoms with Crippen LogP contribution in [-0.4, -0.2) is 37.6 Å². The van der Waals surface area contributed by atoms with Gasteiger partial charge in [-0.2, -0.15) is 0 Å². The van der Waals surface area contributed by atoms with Gasteiger partial charge in [0, 0.05) is 12.6 Å². The third-order valence-electron chi connectivity index (χ3n) is 5.64. The van der Waals surface area contributed by atoms with E-state index in [1.54, 1.807) is 0 Å². The SMILES string of the molecule is CCCC1(CN(C)C2CCC(C)CC2)CCNCC1. The minimum Gasteiger partial charge on any atom is -0.317 e. The topological polar surface area (TPSA) is 15.3 Å². The molecule has 2 aliphatic rings. The highest BCUT2D eigenvalue weighted by Gasteiger charge is 2.34. The quantitative estimate of drug-likeness (QED) is 0.817. The molecule has 0 atom stereocenters. The average molecular weight is 266 g/mol. The molecule has 2 nitrogen and oxygen atoms in total. The molecule has 1 heterocycles. The van der Waals surface area contributed by atoms with Gasteiger partial charge in [-0.15, -0.1) is 0 Å². The summed E-state index contributed by atoms with van der Waals surface area (Å²) in [4.78, 5) is 2.72. The van der Waals surface area contributed by atoms with Crippen LogP contribution in [0.2, 0.25) is 0 Å². The highest BCUT2D eigenvalue weighted by Crippen LogP contribution is 2.36. The number of hydrogen-bond donors (Lipinski definition) is 1. The summed E-state index contributed by atoms with van der Waals surface area (Å²) < 4.78 is 0. The standard InChI is InChI=1S/C17H34N2/c1-4-9-17(10-12-18-13-11-17)14-19(3)16-7-5-15(2)6-8-16/h15-16,18H,4-14H2,1-3H3. The minimum atomic E-state index is 0.609. The van der Waals surface area contributed by atoms with Crippen LogP contribution in [0.3, 0.4) is 0 Å². The van der Waals surface area contributed by atoms with Gasteiger partial charge < -0.3 is 10.2 Å². The Bertz CT molecular complexity index is 244. The monoisotopic (exact) mass is 266 g/mol. The van der Waals surface area contributed by atoms with E-state index < -0.39 is 0 Å². The second kappa shape index (κ2) is 7.08. The lowest BCUT2D eigenvalue weighted by atomic mass is 9.74. The van der Waals surface area contributed by atoms with Crippen molar-refractivity contribution < 1.29 is 0 Å². The zero-order valence-electron chi connectivity index (χ0n) is 13.4. The minimum absolute atomic E-state index is 0.609. The van der Waals surface area contributed by atoms with Crippen LogP contribution < -0.4 is 5.32 Å². The molecule has 1 saturated carbocycles. The summed E-state index contributed by atoms with van der Waals surface area (Å²) >= 11 is 0. The zero-order valence-corrected chi connectivity index (χ0v) is 13.4. The zero-order chi connectivity index (χ0) is 13.7. The third kappa shape index (κ3) is 4.19. The van der Waals surface area contributed by atoms with E-state index in [1.165, 1.54) is 71.0 Å². The van der Waals surface area contributed by atoms with Crippen molar-refractivity contribution in [1.29, 1.82) is 0 Å². The summed E-state index contributed by atoms with van der Waals surface area (Å²) in [6, 6.07) is 0.861. The van der Waals surface area contributed by atoms with Crippen LogP contribution >= 0.6 is 0 Å². The van der Waals surface area contributed by atoms with Gasteiger partial charge in [-0.3, -0.25) is 0 Å². The summed E-state index contributed by atoms with van der Waals surface area (Å²) in [5, 5.41) is 3.54. The smallest absolute Gasteiger partial charge is 0.00926 e. The molecule has 1 N–H and O–H groups in total.